The van der Waals surface area contributed by atoms with E-state index in [0.29, 0.717) is 6.04 Å². The average Bonchev–Trinajstić information content (AvgIpc) is 2.52. The van der Waals surface area contributed by atoms with Gasteiger partial charge in [0, 0.05) is 17.8 Å². The van der Waals surface area contributed by atoms with E-state index in [-0.39, 0.29) is 0 Å². The topological polar surface area (TPSA) is 38.0 Å². The lowest BCUT2D eigenvalue weighted by Crippen LogP contribution is -2.00. The van der Waals surface area contributed by atoms with Crippen LogP contribution in [0.4, 0.5) is 0 Å². The van der Waals surface area contributed by atoms with Gasteiger partial charge >= 0.3 is 0 Å². The fraction of sp³-hybridized carbons (Fsp3) is 0.545. The van der Waals surface area contributed by atoms with Crippen molar-refractivity contribution in [1.82, 2.24) is 9.78 Å². The second-order valence-electron chi connectivity index (χ2n) is 3.91. The monoisotopic (exact) mass is 194 g/mol. The lowest BCUT2D eigenvalue weighted by Gasteiger charge is -2.03. The van der Waals surface area contributed by atoms with Crippen LogP contribution < -0.4 is 0 Å². The van der Waals surface area contributed by atoms with Crippen molar-refractivity contribution in [1.29, 1.82) is 0 Å². The SMILES string of the molecule is C/C(=C/c1cnn(C(C)C)c1)C(C)O. The molecule has 0 aliphatic rings. The summed E-state index contributed by atoms with van der Waals surface area (Å²) in [5.74, 6) is 0. The molecule has 1 atom stereocenters. The third kappa shape index (κ3) is 2.70. The summed E-state index contributed by atoms with van der Waals surface area (Å²) in [6, 6.07) is 0.379. The number of rotatable bonds is 3. The Morgan fingerprint density at radius 2 is 2.14 bits per heavy atom. The molecule has 1 N–H and O–H groups in total. The van der Waals surface area contributed by atoms with Crippen LogP contribution >= 0.6 is 0 Å². The molecule has 3 heteroatoms. The lowest BCUT2D eigenvalue weighted by molar-refractivity contribution is 0.232. The van der Waals surface area contributed by atoms with E-state index in [1.54, 1.807) is 6.92 Å². The molecule has 0 aliphatic heterocycles. The molecule has 0 spiro atoms. The summed E-state index contributed by atoms with van der Waals surface area (Å²) in [6.07, 6.45) is 5.36. The van der Waals surface area contributed by atoms with Crippen molar-refractivity contribution >= 4 is 6.08 Å². The van der Waals surface area contributed by atoms with Crippen LogP contribution in [0, 0.1) is 0 Å². The van der Waals surface area contributed by atoms with Crippen molar-refractivity contribution < 1.29 is 5.11 Å². The van der Waals surface area contributed by atoms with Crippen molar-refractivity contribution in [3.05, 3.63) is 23.5 Å². The molecule has 0 saturated heterocycles. The number of hydrogen-bond acceptors (Lipinski definition) is 2. The van der Waals surface area contributed by atoms with Crippen LogP contribution in [0.2, 0.25) is 0 Å². The van der Waals surface area contributed by atoms with Crippen LogP contribution in [0.3, 0.4) is 0 Å². The summed E-state index contributed by atoms with van der Waals surface area (Å²) in [7, 11) is 0. The molecule has 1 aromatic rings. The van der Waals surface area contributed by atoms with Gasteiger partial charge in [0.15, 0.2) is 0 Å². The Balaban J connectivity index is 2.83. The highest BCUT2D eigenvalue weighted by Gasteiger charge is 2.02. The minimum atomic E-state index is -0.391. The van der Waals surface area contributed by atoms with Crippen LogP contribution in [0.5, 0.6) is 0 Å². The third-order valence-corrected chi connectivity index (χ3v) is 2.20. The highest BCUT2D eigenvalue weighted by Crippen LogP contribution is 2.11. The van der Waals surface area contributed by atoms with Crippen LogP contribution in [-0.4, -0.2) is 21.0 Å². The Labute approximate surface area is 85.1 Å². The first-order valence-electron chi connectivity index (χ1n) is 4.91. The molecule has 1 unspecified atom stereocenters. The molecule has 1 heterocycles. The smallest absolute Gasteiger partial charge is 0.0722 e. The minimum absolute atomic E-state index is 0.379. The standard InChI is InChI=1S/C11H18N2O/c1-8(2)13-7-11(6-12-13)5-9(3)10(4)14/h5-8,10,14H,1-4H3/b9-5-. The minimum Gasteiger partial charge on any atom is -0.389 e. The first-order valence-corrected chi connectivity index (χ1v) is 4.91. The highest BCUT2D eigenvalue weighted by atomic mass is 16.3. The number of aromatic nitrogens is 2. The molecule has 1 aromatic heterocycles. The zero-order valence-electron chi connectivity index (χ0n) is 9.23. The number of nitrogens with zero attached hydrogens (tertiary/aromatic N) is 2. The molecular formula is C11H18N2O. The van der Waals surface area contributed by atoms with Crippen molar-refractivity contribution in [2.45, 2.75) is 39.8 Å². The van der Waals surface area contributed by atoms with Gasteiger partial charge in [-0.1, -0.05) is 6.08 Å². The first-order chi connectivity index (χ1) is 6.50. The summed E-state index contributed by atoms with van der Waals surface area (Å²) in [5.41, 5.74) is 1.99. The molecule has 0 radical (unpaired) electrons. The fourth-order valence-electron chi connectivity index (χ4n) is 1.09. The van der Waals surface area contributed by atoms with Gasteiger partial charge in [0.1, 0.15) is 0 Å². The van der Waals surface area contributed by atoms with Gasteiger partial charge in [-0.05, 0) is 33.3 Å². The van der Waals surface area contributed by atoms with Crippen molar-refractivity contribution in [2.75, 3.05) is 0 Å². The van der Waals surface area contributed by atoms with Gasteiger partial charge in [0.05, 0.1) is 12.3 Å². The van der Waals surface area contributed by atoms with Crippen molar-refractivity contribution in [3.63, 3.8) is 0 Å². The van der Waals surface area contributed by atoms with Gasteiger partial charge in [-0.3, -0.25) is 4.68 Å². The maximum absolute atomic E-state index is 9.30. The highest BCUT2D eigenvalue weighted by molar-refractivity contribution is 5.51. The zero-order valence-corrected chi connectivity index (χ0v) is 9.23. The summed E-state index contributed by atoms with van der Waals surface area (Å²) in [4.78, 5) is 0. The van der Waals surface area contributed by atoms with E-state index >= 15 is 0 Å². The first kappa shape index (κ1) is 11.0. The summed E-state index contributed by atoms with van der Waals surface area (Å²) < 4.78 is 1.90. The largest absolute Gasteiger partial charge is 0.389 e. The fourth-order valence-corrected chi connectivity index (χ4v) is 1.09. The van der Waals surface area contributed by atoms with Crippen molar-refractivity contribution in [3.8, 4) is 0 Å². The van der Waals surface area contributed by atoms with Crippen LogP contribution in [0.1, 0.15) is 39.3 Å². The van der Waals surface area contributed by atoms with Crippen molar-refractivity contribution in [2.24, 2.45) is 0 Å². The molecule has 0 bridgehead atoms. The van der Waals surface area contributed by atoms with Gasteiger partial charge in [0.25, 0.3) is 0 Å². The Bertz CT molecular complexity index is 324. The summed E-state index contributed by atoms with van der Waals surface area (Å²) in [5, 5.41) is 13.5. The Kier molecular flexibility index (Phi) is 3.47. The van der Waals surface area contributed by atoms with E-state index in [4.69, 9.17) is 0 Å². The predicted octanol–water partition coefficient (Wildman–Crippen LogP) is 2.25. The van der Waals surface area contributed by atoms with Crippen LogP contribution in [0.15, 0.2) is 18.0 Å². The number of aliphatic hydroxyl groups excluding tert-OH is 1. The normalized spacial score (nSPS) is 14.9. The number of hydrogen-bond donors (Lipinski definition) is 1. The molecule has 3 nitrogen and oxygen atoms in total. The maximum atomic E-state index is 9.30. The van der Waals surface area contributed by atoms with E-state index in [1.807, 2.05) is 30.1 Å². The molecule has 14 heavy (non-hydrogen) atoms. The average molecular weight is 194 g/mol. The molecule has 0 amide bonds. The molecule has 1 rings (SSSR count). The van der Waals surface area contributed by atoms with Gasteiger partial charge < -0.3 is 5.11 Å². The molecule has 0 fully saturated rings. The summed E-state index contributed by atoms with van der Waals surface area (Å²) >= 11 is 0. The molecule has 0 aromatic carbocycles. The van der Waals surface area contributed by atoms with E-state index < -0.39 is 6.10 Å². The Morgan fingerprint density at radius 1 is 1.50 bits per heavy atom. The van der Waals surface area contributed by atoms with E-state index in [1.165, 1.54) is 0 Å². The van der Waals surface area contributed by atoms with Crippen LogP contribution in [-0.2, 0) is 0 Å². The molecule has 78 valence electrons. The second kappa shape index (κ2) is 4.42. The lowest BCUT2D eigenvalue weighted by atomic mass is 10.1. The van der Waals surface area contributed by atoms with Gasteiger partial charge in [0.2, 0.25) is 0 Å². The van der Waals surface area contributed by atoms with Gasteiger partial charge in [-0.15, -0.1) is 0 Å². The summed E-state index contributed by atoms with van der Waals surface area (Å²) in [6.45, 7) is 7.85. The Hall–Kier alpha value is -1.09. The predicted molar refractivity (Wildman–Crippen MR) is 57.9 cm³/mol. The molecule has 0 aliphatic carbocycles. The zero-order chi connectivity index (χ0) is 10.7. The second-order valence-corrected chi connectivity index (χ2v) is 3.91. The van der Waals surface area contributed by atoms with E-state index in [9.17, 15) is 5.11 Å². The molecular weight excluding hydrogens is 176 g/mol. The van der Waals surface area contributed by atoms with E-state index in [0.717, 1.165) is 11.1 Å². The third-order valence-electron chi connectivity index (χ3n) is 2.20. The molecule has 0 saturated carbocycles. The number of aliphatic hydroxyl groups is 1. The van der Waals surface area contributed by atoms with Gasteiger partial charge in [-0.25, -0.2) is 0 Å². The maximum Gasteiger partial charge on any atom is 0.0722 e. The Morgan fingerprint density at radius 3 is 2.57 bits per heavy atom. The van der Waals surface area contributed by atoms with Crippen LogP contribution in [0.25, 0.3) is 6.08 Å². The quantitative estimate of drug-likeness (QED) is 0.801. The van der Waals surface area contributed by atoms with E-state index in [2.05, 4.69) is 18.9 Å². The van der Waals surface area contributed by atoms with Gasteiger partial charge in [-0.2, -0.15) is 5.10 Å².